The molecule has 8 nitrogen and oxygen atoms in total. The Morgan fingerprint density at radius 2 is 1.47 bits per heavy atom. The molecule has 0 aliphatic carbocycles. The molecule has 0 atom stereocenters. The number of Topliss-reactive ketones (excluding diaryl/α,β-unsaturated/α-hetero) is 1. The lowest BCUT2D eigenvalue weighted by Gasteiger charge is -2.11. The molecule has 0 fully saturated rings. The number of aryl methyl sites for hydroxylation is 4. The molecule has 1 aromatic heterocycles. The molecule has 0 spiro atoms. The summed E-state index contributed by atoms with van der Waals surface area (Å²) in [4.78, 5) is 48.9. The number of carbonyl (C=O) groups is 4. The van der Waals surface area contributed by atoms with Crippen molar-refractivity contribution in [3.63, 3.8) is 0 Å². The smallest absolute Gasteiger partial charge is 0.344 e. The maximum atomic E-state index is 12.4. The van der Waals surface area contributed by atoms with Crippen molar-refractivity contribution in [2.45, 2.75) is 41.5 Å². The first kappa shape index (κ1) is 22.9. The zero-order chi connectivity index (χ0) is 22.6. The summed E-state index contributed by atoms with van der Waals surface area (Å²) < 4.78 is 15.5. The first-order valence-corrected chi connectivity index (χ1v) is 9.43. The second kappa shape index (κ2) is 9.39. The van der Waals surface area contributed by atoms with E-state index in [-0.39, 0.29) is 29.4 Å². The van der Waals surface area contributed by atoms with Crippen LogP contribution in [0.5, 0.6) is 0 Å². The van der Waals surface area contributed by atoms with Gasteiger partial charge in [0.2, 0.25) is 5.88 Å². The number of hydrogen-bond donors (Lipinski definition) is 1. The number of furan rings is 1. The number of ether oxygens (including phenoxy) is 2. The Morgan fingerprint density at radius 3 is 2.00 bits per heavy atom. The van der Waals surface area contributed by atoms with Crippen molar-refractivity contribution in [1.82, 2.24) is 0 Å². The Bertz CT molecular complexity index is 994. The van der Waals surface area contributed by atoms with Gasteiger partial charge in [0.15, 0.2) is 12.4 Å². The van der Waals surface area contributed by atoms with Gasteiger partial charge in [0, 0.05) is 0 Å². The van der Waals surface area contributed by atoms with Crippen molar-refractivity contribution in [1.29, 1.82) is 0 Å². The van der Waals surface area contributed by atoms with Gasteiger partial charge in [-0.2, -0.15) is 0 Å². The second-order valence-corrected chi connectivity index (χ2v) is 6.91. The first-order chi connectivity index (χ1) is 14.1. The van der Waals surface area contributed by atoms with Gasteiger partial charge in [-0.05, 0) is 52.7 Å². The van der Waals surface area contributed by atoms with Crippen molar-refractivity contribution < 1.29 is 33.1 Å². The number of benzene rings is 1. The third kappa shape index (κ3) is 4.94. The van der Waals surface area contributed by atoms with E-state index in [9.17, 15) is 19.2 Å². The zero-order valence-corrected chi connectivity index (χ0v) is 17.9. The maximum Gasteiger partial charge on any atom is 0.344 e. The van der Waals surface area contributed by atoms with Crippen LogP contribution < -0.4 is 5.32 Å². The van der Waals surface area contributed by atoms with Gasteiger partial charge in [-0.3, -0.25) is 14.9 Å². The van der Waals surface area contributed by atoms with Gasteiger partial charge in [0.1, 0.15) is 11.3 Å². The van der Waals surface area contributed by atoms with Crippen LogP contribution in [0.25, 0.3) is 0 Å². The maximum absolute atomic E-state index is 12.4. The Hall–Kier alpha value is -3.42. The monoisotopic (exact) mass is 415 g/mol. The van der Waals surface area contributed by atoms with Crippen molar-refractivity contribution in [3.05, 3.63) is 51.3 Å². The fraction of sp³-hybridized carbons (Fsp3) is 0.364. The van der Waals surface area contributed by atoms with Gasteiger partial charge in [0.05, 0.1) is 17.7 Å². The van der Waals surface area contributed by atoms with Crippen LogP contribution in [0.15, 0.2) is 16.5 Å². The summed E-state index contributed by atoms with van der Waals surface area (Å²) in [6.45, 7) is 9.38. The second-order valence-electron chi connectivity index (χ2n) is 6.91. The third-order valence-corrected chi connectivity index (χ3v) is 4.38. The summed E-state index contributed by atoms with van der Waals surface area (Å²) in [5.74, 6) is -2.61. The Balaban J connectivity index is 2.17. The van der Waals surface area contributed by atoms with Crippen molar-refractivity contribution in [2.75, 3.05) is 18.5 Å². The summed E-state index contributed by atoms with van der Waals surface area (Å²) in [5, 5.41) is 2.38. The molecule has 160 valence electrons. The predicted molar refractivity (Wildman–Crippen MR) is 109 cm³/mol. The molecule has 0 aliphatic heterocycles. The molecule has 2 aromatic rings. The van der Waals surface area contributed by atoms with Gasteiger partial charge < -0.3 is 13.9 Å². The van der Waals surface area contributed by atoms with Crippen molar-refractivity contribution >= 4 is 29.5 Å². The van der Waals surface area contributed by atoms with Crippen LogP contribution in [0.1, 0.15) is 67.4 Å². The van der Waals surface area contributed by atoms with Crippen LogP contribution in [-0.2, 0) is 14.3 Å². The standard InChI is InChI=1S/C22H25NO7/c1-7-28-22(27)19-18(14(5)24)15(6)30-20(19)23-16(25)10-29-21(26)17-12(3)8-11(2)9-13(17)4/h8-9H,7,10H2,1-6H3,(H,23,25). The van der Waals surface area contributed by atoms with E-state index in [1.807, 2.05) is 19.1 Å². The van der Waals surface area contributed by atoms with Crippen LogP contribution in [-0.4, -0.2) is 36.8 Å². The molecule has 0 saturated carbocycles. The van der Waals surface area contributed by atoms with E-state index in [0.29, 0.717) is 5.56 Å². The molecule has 0 unspecified atom stereocenters. The van der Waals surface area contributed by atoms with Gasteiger partial charge in [-0.15, -0.1) is 0 Å². The molecular weight excluding hydrogens is 390 g/mol. The van der Waals surface area contributed by atoms with Crippen LogP contribution >= 0.6 is 0 Å². The summed E-state index contributed by atoms with van der Waals surface area (Å²) in [6, 6.07) is 3.70. The van der Waals surface area contributed by atoms with E-state index >= 15 is 0 Å². The number of ketones is 1. The van der Waals surface area contributed by atoms with Gasteiger partial charge in [-0.25, -0.2) is 9.59 Å². The molecule has 0 radical (unpaired) electrons. The largest absolute Gasteiger partial charge is 0.462 e. The summed E-state index contributed by atoms with van der Waals surface area (Å²) in [7, 11) is 0. The normalized spacial score (nSPS) is 10.5. The fourth-order valence-corrected chi connectivity index (χ4v) is 3.32. The lowest BCUT2D eigenvalue weighted by atomic mass is 10.00. The molecule has 0 bridgehead atoms. The number of carbonyl (C=O) groups excluding carboxylic acids is 4. The number of nitrogens with one attached hydrogen (secondary N) is 1. The SMILES string of the molecule is CCOC(=O)c1c(NC(=O)COC(=O)c2c(C)cc(C)cc2C)oc(C)c1C(C)=O. The molecule has 1 aromatic carbocycles. The third-order valence-electron chi connectivity index (χ3n) is 4.38. The minimum atomic E-state index is -0.794. The van der Waals surface area contributed by atoms with Crippen molar-refractivity contribution in [3.8, 4) is 0 Å². The molecule has 1 heterocycles. The summed E-state index contributed by atoms with van der Waals surface area (Å²) in [6.07, 6.45) is 0. The molecule has 2 rings (SSSR count). The average molecular weight is 415 g/mol. The van der Waals surface area contributed by atoms with E-state index < -0.39 is 30.2 Å². The molecular formula is C22H25NO7. The molecule has 1 N–H and O–H groups in total. The first-order valence-electron chi connectivity index (χ1n) is 9.43. The van der Waals surface area contributed by atoms with Crippen molar-refractivity contribution in [2.24, 2.45) is 0 Å². The van der Waals surface area contributed by atoms with E-state index in [4.69, 9.17) is 13.9 Å². The number of amides is 1. The summed E-state index contributed by atoms with van der Waals surface area (Å²) >= 11 is 0. The van der Waals surface area contributed by atoms with E-state index in [1.54, 1.807) is 20.8 Å². The van der Waals surface area contributed by atoms with Gasteiger partial charge >= 0.3 is 11.9 Å². The average Bonchev–Trinajstić information content (AvgIpc) is 2.95. The van der Waals surface area contributed by atoms with E-state index in [1.165, 1.54) is 13.8 Å². The highest BCUT2D eigenvalue weighted by Crippen LogP contribution is 2.28. The van der Waals surface area contributed by atoms with Gasteiger partial charge in [0.25, 0.3) is 5.91 Å². The quantitative estimate of drug-likeness (QED) is 0.542. The van der Waals surface area contributed by atoms with Crippen LogP contribution in [0.2, 0.25) is 0 Å². The molecule has 30 heavy (non-hydrogen) atoms. The Labute approximate surface area is 174 Å². The van der Waals surface area contributed by atoms with Gasteiger partial charge in [-0.1, -0.05) is 17.7 Å². The van der Waals surface area contributed by atoms with Crippen LogP contribution in [0.3, 0.4) is 0 Å². The van der Waals surface area contributed by atoms with Crippen LogP contribution in [0.4, 0.5) is 5.88 Å². The molecule has 0 saturated heterocycles. The Morgan fingerprint density at radius 1 is 0.900 bits per heavy atom. The fourth-order valence-electron chi connectivity index (χ4n) is 3.32. The zero-order valence-electron chi connectivity index (χ0n) is 17.9. The van der Waals surface area contributed by atoms with E-state index in [2.05, 4.69) is 5.32 Å². The molecule has 0 aliphatic rings. The Kier molecular flexibility index (Phi) is 7.15. The number of rotatable bonds is 7. The highest BCUT2D eigenvalue weighted by Gasteiger charge is 2.29. The highest BCUT2D eigenvalue weighted by molar-refractivity contribution is 6.11. The number of hydrogen-bond acceptors (Lipinski definition) is 7. The lowest BCUT2D eigenvalue weighted by molar-refractivity contribution is -0.119. The predicted octanol–water partition coefficient (Wildman–Crippen LogP) is 3.69. The molecule has 1 amide bonds. The number of anilines is 1. The minimum absolute atomic E-state index is 0.0339. The highest BCUT2D eigenvalue weighted by atomic mass is 16.5. The summed E-state index contributed by atoms with van der Waals surface area (Å²) in [5.41, 5.74) is 2.78. The van der Waals surface area contributed by atoms with E-state index in [0.717, 1.165) is 16.7 Å². The molecule has 8 heteroatoms. The topological polar surface area (TPSA) is 112 Å². The van der Waals surface area contributed by atoms with Crippen LogP contribution in [0, 0.1) is 27.7 Å². The number of esters is 2. The minimum Gasteiger partial charge on any atom is -0.462 e. The lowest BCUT2D eigenvalue weighted by Crippen LogP contribution is -2.23.